The van der Waals surface area contributed by atoms with Gasteiger partial charge < -0.3 is 15.8 Å². The Morgan fingerprint density at radius 1 is 1.30 bits per heavy atom. The zero-order chi connectivity index (χ0) is 14.8. The van der Waals surface area contributed by atoms with E-state index in [0.29, 0.717) is 26.1 Å². The molecule has 7 heteroatoms. The first-order valence-electron chi connectivity index (χ1n) is 6.23. The fraction of sp³-hybridized carbons (Fsp3) is 0.462. The highest BCUT2D eigenvalue weighted by Gasteiger charge is 2.34. The van der Waals surface area contributed by atoms with E-state index < -0.39 is 17.6 Å². The van der Waals surface area contributed by atoms with Crippen LogP contribution in [0.2, 0.25) is 0 Å². The van der Waals surface area contributed by atoms with Crippen LogP contribution in [0.4, 0.5) is 24.5 Å². The average Bonchev–Trinajstić information content (AvgIpc) is 2.40. The largest absolute Gasteiger partial charge is 0.418 e. The van der Waals surface area contributed by atoms with Crippen molar-refractivity contribution in [1.29, 1.82) is 0 Å². The quantitative estimate of drug-likeness (QED) is 0.822. The SMILES string of the molecule is Nc1ccc(NC(=O)C2CCOCC2)c(C(F)(F)F)c1. The monoisotopic (exact) mass is 288 g/mol. The second-order valence-corrected chi connectivity index (χ2v) is 4.68. The fourth-order valence-electron chi connectivity index (χ4n) is 2.10. The van der Waals surface area contributed by atoms with Gasteiger partial charge in [-0.3, -0.25) is 4.79 Å². The minimum atomic E-state index is -4.56. The van der Waals surface area contributed by atoms with Crippen molar-refractivity contribution in [3.05, 3.63) is 23.8 Å². The van der Waals surface area contributed by atoms with Gasteiger partial charge in [-0.05, 0) is 31.0 Å². The highest BCUT2D eigenvalue weighted by molar-refractivity contribution is 5.93. The number of ether oxygens (including phenoxy) is 1. The van der Waals surface area contributed by atoms with Gasteiger partial charge in [0.1, 0.15) is 0 Å². The van der Waals surface area contributed by atoms with Crippen LogP contribution in [0.15, 0.2) is 18.2 Å². The maximum atomic E-state index is 12.9. The number of nitrogens with one attached hydrogen (secondary N) is 1. The fourth-order valence-corrected chi connectivity index (χ4v) is 2.10. The van der Waals surface area contributed by atoms with Gasteiger partial charge >= 0.3 is 6.18 Å². The maximum absolute atomic E-state index is 12.9. The maximum Gasteiger partial charge on any atom is 0.418 e. The number of carbonyl (C=O) groups excluding carboxylic acids is 1. The molecule has 0 bridgehead atoms. The lowest BCUT2D eigenvalue weighted by atomic mass is 9.99. The molecule has 1 aromatic carbocycles. The minimum absolute atomic E-state index is 0.00129. The number of halogens is 3. The Kier molecular flexibility index (Phi) is 4.17. The summed E-state index contributed by atoms with van der Waals surface area (Å²) in [5, 5.41) is 2.34. The Balaban J connectivity index is 2.18. The summed E-state index contributed by atoms with van der Waals surface area (Å²) in [4.78, 5) is 12.0. The number of nitrogens with two attached hydrogens (primary N) is 1. The van der Waals surface area contributed by atoms with Crippen molar-refractivity contribution in [2.75, 3.05) is 24.3 Å². The summed E-state index contributed by atoms with van der Waals surface area (Å²) in [6.07, 6.45) is -3.53. The molecule has 0 saturated carbocycles. The molecule has 1 heterocycles. The third-order valence-electron chi connectivity index (χ3n) is 3.20. The van der Waals surface area contributed by atoms with Gasteiger partial charge in [0.25, 0.3) is 0 Å². The van der Waals surface area contributed by atoms with Gasteiger partial charge in [0.15, 0.2) is 0 Å². The van der Waals surface area contributed by atoms with Crippen LogP contribution in [0, 0.1) is 5.92 Å². The summed E-state index contributed by atoms with van der Waals surface area (Å²) in [5.41, 5.74) is 4.18. The number of carbonyl (C=O) groups is 1. The Morgan fingerprint density at radius 2 is 1.95 bits per heavy atom. The molecule has 0 spiro atoms. The molecular weight excluding hydrogens is 273 g/mol. The van der Waals surface area contributed by atoms with Gasteiger partial charge in [0.05, 0.1) is 11.3 Å². The number of nitrogen functional groups attached to an aromatic ring is 1. The summed E-state index contributed by atoms with van der Waals surface area (Å²) in [6.45, 7) is 0.901. The number of hydrogen-bond donors (Lipinski definition) is 2. The van der Waals surface area contributed by atoms with E-state index >= 15 is 0 Å². The number of alkyl halides is 3. The molecule has 20 heavy (non-hydrogen) atoms. The van der Waals surface area contributed by atoms with Crippen LogP contribution in [0.5, 0.6) is 0 Å². The van der Waals surface area contributed by atoms with Crippen LogP contribution >= 0.6 is 0 Å². The van der Waals surface area contributed by atoms with E-state index in [1.54, 1.807) is 0 Å². The normalized spacial score (nSPS) is 16.9. The van der Waals surface area contributed by atoms with E-state index in [1.807, 2.05) is 0 Å². The van der Waals surface area contributed by atoms with Gasteiger partial charge in [0.2, 0.25) is 5.91 Å². The van der Waals surface area contributed by atoms with E-state index in [9.17, 15) is 18.0 Å². The van der Waals surface area contributed by atoms with Crippen LogP contribution in [0.1, 0.15) is 18.4 Å². The summed E-state index contributed by atoms with van der Waals surface area (Å²) in [7, 11) is 0. The van der Waals surface area contributed by atoms with E-state index in [1.165, 1.54) is 12.1 Å². The third kappa shape index (κ3) is 3.41. The molecule has 0 unspecified atom stereocenters. The summed E-state index contributed by atoms with van der Waals surface area (Å²) < 4.78 is 43.8. The van der Waals surface area contributed by atoms with Gasteiger partial charge in [-0.2, -0.15) is 13.2 Å². The highest BCUT2D eigenvalue weighted by Crippen LogP contribution is 2.36. The summed E-state index contributed by atoms with van der Waals surface area (Å²) in [5.74, 6) is -0.731. The topological polar surface area (TPSA) is 64.3 Å². The van der Waals surface area contributed by atoms with Crippen LogP contribution < -0.4 is 11.1 Å². The lowest BCUT2D eigenvalue weighted by molar-refractivity contribution is -0.137. The Morgan fingerprint density at radius 3 is 2.55 bits per heavy atom. The first-order valence-corrected chi connectivity index (χ1v) is 6.23. The third-order valence-corrected chi connectivity index (χ3v) is 3.20. The molecule has 0 atom stereocenters. The van der Waals surface area contributed by atoms with Crippen molar-refractivity contribution in [2.24, 2.45) is 5.92 Å². The van der Waals surface area contributed by atoms with Crippen LogP contribution in [0.25, 0.3) is 0 Å². The predicted octanol–water partition coefficient (Wildman–Crippen LogP) is 2.65. The molecule has 0 radical (unpaired) electrons. The van der Waals surface area contributed by atoms with Gasteiger partial charge in [0, 0.05) is 24.8 Å². The van der Waals surface area contributed by atoms with Gasteiger partial charge in [-0.1, -0.05) is 0 Å². The standard InChI is InChI=1S/C13H15F3N2O2/c14-13(15,16)10-7-9(17)1-2-11(10)18-12(19)8-3-5-20-6-4-8/h1-2,7-8H,3-6,17H2,(H,18,19). The molecule has 1 aliphatic rings. The summed E-state index contributed by atoms with van der Waals surface area (Å²) >= 11 is 0. The first-order chi connectivity index (χ1) is 9.38. The molecule has 1 aromatic rings. The molecular formula is C13H15F3N2O2. The van der Waals surface area contributed by atoms with Gasteiger partial charge in [-0.15, -0.1) is 0 Å². The van der Waals surface area contributed by atoms with E-state index in [2.05, 4.69) is 5.32 Å². The van der Waals surface area contributed by atoms with Crippen molar-refractivity contribution >= 4 is 17.3 Å². The molecule has 1 fully saturated rings. The lowest BCUT2D eigenvalue weighted by Crippen LogP contribution is -2.29. The number of rotatable bonds is 2. The van der Waals surface area contributed by atoms with Crippen molar-refractivity contribution in [3.8, 4) is 0 Å². The van der Waals surface area contributed by atoms with Crippen LogP contribution in [-0.2, 0) is 15.7 Å². The average molecular weight is 288 g/mol. The lowest BCUT2D eigenvalue weighted by Gasteiger charge is -2.22. The molecule has 3 N–H and O–H groups in total. The zero-order valence-electron chi connectivity index (χ0n) is 10.7. The second kappa shape index (κ2) is 5.70. The molecule has 1 saturated heterocycles. The predicted molar refractivity (Wildman–Crippen MR) is 68.0 cm³/mol. The van der Waals surface area contributed by atoms with Crippen molar-refractivity contribution in [1.82, 2.24) is 0 Å². The van der Waals surface area contributed by atoms with Gasteiger partial charge in [-0.25, -0.2) is 0 Å². The van der Waals surface area contributed by atoms with Crippen molar-refractivity contribution in [3.63, 3.8) is 0 Å². The zero-order valence-corrected chi connectivity index (χ0v) is 10.7. The Bertz CT molecular complexity index is 497. The minimum Gasteiger partial charge on any atom is -0.399 e. The number of anilines is 2. The number of benzene rings is 1. The van der Waals surface area contributed by atoms with E-state index in [-0.39, 0.29) is 17.3 Å². The number of hydrogen-bond acceptors (Lipinski definition) is 3. The first kappa shape index (κ1) is 14.6. The highest BCUT2D eigenvalue weighted by atomic mass is 19.4. The van der Waals surface area contributed by atoms with Crippen molar-refractivity contribution < 1.29 is 22.7 Å². The Labute approximate surface area is 114 Å². The molecule has 4 nitrogen and oxygen atoms in total. The second-order valence-electron chi connectivity index (χ2n) is 4.68. The molecule has 1 amide bonds. The van der Waals surface area contributed by atoms with Crippen LogP contribution in [-0.4, -0.2) is 19.1 Å². The molecule has 1 aliphatic heterocycles. The number of amides is 1. The van der Waals surface area contributed by atoms with Crippen molar-refractivity contribution in [2.45, 2.75) is 19.0 Å². The molecule has 0 aromatic heterocycles. The Hall–Kier alpha value is -1.76. The summed E-state index contributed by atoms with van der Waals surface area (Å²) in [6, 6.07) is 3.32. The molecule has 2 rings (SSSR count). The smallest absolute Gasteiger partial charge is 0.399 e. The molecule has 110 valence electrons. The van der Waals surface area contributed by atoms with Crippen LogP contribution in [0.3, 0.4) is 0 Å². The van der Waals surface area contributed by atoms with E-state index in [0.717, 1.165) is 6.07 Å². The molecule has 0 aliphatic carbocycles. The van der Waals surface area contributed by atoms with E-state index in [4.69, 9.17) is 10.5 Å².